The van der Waals surface area contributed by atoms with Crippen LogP contribution in [0.25, 0.3) is 55.6 Å². The van der Waals surface area contributed by atoms with Gasteiger partial charge in [0, 0.05) is 27.9 Å². The van der Waals surface area contributed by atoms with Gasteiger partial charge in [-0.2, -0.15) is 0 Å². The Morgan fingerprint density at radius 3 is 1.18 bits per heavy atom. The quantitative estimate of drug-likeness (QED) is 0.166. The molecule has 0 aliphatic heterocycles. The molecule has 10 rings (SSSR count). The molecular formula is C54H43N. The summed E-state index contributed by atoms with van der Waals surface area (Å²) in [6.07, 6.45) is 0. The first-order valence-corrected chi connectivity index (χ1v) is 19.4. The van der Waals surface area contributed by atoms with Gasteiger partial charge in [0.05, 0.1) is 0 Å². The minimum Gasteiger partial charge on any atom is -0.310 e. The molecule has 8 aromatic carbocycles. The molecule has 2 aliphatic rings. The molecule has 0 fully saturated rings. The van der Waals surface area contributed by atoms with E-state index in [1.807, 2.05) is 0 Å². The highest BCUT2D eigenvalue weighted by Crippen LogP contribution is 2.53. The molecule has 2 aliphatic carbocycles. The average Bonchev–Trinajstić information content (AvgIpc) is 3.60. The van der Waals surface area contributed by atoms with E-state index >= 15 is 0 Å². The van der Waals surface area contributed by atoms with Crippen molar-refractivity contribution in [1.29, 1.82) is 0 Å². The molecule has 8 aromatic rings. The van der Waals surface area contributed by atoms with E-state index in [1.54, 1.807) is 0 Å². The lowest BCUT2D eigenvalue weighted by atomic mass is 9.81. The first-order chi connectivity index (χ1) is 26.8. The molecule has 0 unspecified atom stereocenters. The maximum Gasteiger partial charge on any atom is 0.0465 e. The second-order valence-corrected chi connectivity index (χ2v) is 16.2. The van der Waals surface area contributed by atoms with Gasteiger partial charge in [0.2, 0.25) is 0 Å². The van der Waals surface area contributed by atoms with Gasteiger partial charge in [-0.25, -0.2) is 0 Å². The monoisotopic (exact) mass is 705 g/mol. The van der Waals surface area contributed by atoms with Gasteiger partial charge < -0.3 is 4.90 Å². The Bertz CT molecular complexity index is 2720. The number of nitrogens with zero attached hydrogens (tertiary/aromatic N) is 1. The molecule has 1 nitrogen and oxygen atoms in total. The fourth-order valence-corrected chi connectivity index (χ4v) is 9.24. The summed E-state index contributed by atoms with van der Waals surface area (Å²) in [4.78, 5) is 2.43. The lowest BCUT2D eigenvalue weighted by Gasteiger charge is -2.29. The number of anilines is 3. The first kappa shape index (κ1) is 33.2. The highest BCUT2D eigenvalue weighted by Gasteiger charge is 2.38. The van der Waals surface area contributed by atoms with Gasteiger partial charge in [-0.05, 0) is 120 Å². The average molecular weight is 706 g/mol. The highest BCUT2D eigenvalue weighted by atomic mass is 15.1. The molecule has 264 valence electrons. The SMILES string of the molecule is CC1(C)c2ccccc2-c2ccc(N(c3ccccc3)c3ccc4c(c3)C(C)(C)c3cc(-c5ccc(-c6ccc(-c7ccccc7)cc6)cc5)ccc3-4)cc21. The maximum absolute atomic E-state index is 2.44. The number of rotatable bonds is 6. The summed E-state index contributed by atoms with van der Waals surface area (Å²) in [5, 5.41) is 0. The Balaban J connectivity index is 0.979. The molecule has 0 aromatic heterocycles. The van der Waals surface area contributed by atoms with Crippen LogP contribution in [0.1, 0.15) is 49.9 Å². The maximum atomic E-state index is 2.44. The normalized spacial score (nSPS) is 14.1. The molecule has 0 radical (unpaired) electrons. The number of hydrogen-bond donors (Lipinski definition) is 0. The summed E-state index contributed by atoms with van der Waals surface area (Å²) in [6.45, 7) is 9.48. The number of benzene rings is 8. The molecule has 0 saturated heterocycles. The van der Waals surface area contributed by atoms with Crippen molar-refractivity contribution < 1.29 is 0 Å². The number of hydrogen-bond acceptors (Lipinski definition) is 1. The third-order valence-corrected chi connectivity index (χ3v) is 12.3. The number of para-hydroxylation sites is 1. The van der Waals surface area contributed by atoms with Crippen LogP contribution in [0.2, 0.25) is 0 Å². The van der Waals surface area contributed by atoms with Crippen molar-refractivity contribution in [2.24, 2.45) is 0 Å². The molecule has 0 amide bonds. The van der Waals surface area contributed by atoms with E-state index < -0.39 is 0 Å². The zero-order chi connectivity index (χ0) is 37.3. The first-order valence-electron chi connectivity index (χ1n) is 19.4. The van der Waals surface area contributed by atoms with E-state index in [0.29, 0.717) is 0 Å². The van der Waals surface area contributed by atoms with Crippen LogP contribution in [0.15, 0.2) is 188 Å². The zero-order valence-corrected chi connectivity index (χ0v) is 31.8. The summed E-state index contributed by atoms with van der Waals surface area (Å²) in [6, 6.07) is 69.4. The van der Waals surface area contributed by atoms with E-state index in [-0.39, 0.29) is 10.8 Å². The van der Waals surface area contributed by atoms with Crippen LogP contribution < -0.4 is 4.90 Å². The molecule has 1 heteroatoms. The van der Waals surface area contributed by atoms with Gasteiger partial charge in [0.25, 0.3) is 0 Å². The number of fused-ring (bicyclic) bond motifs is 6. The van der Waals surface area contributed by atoms with Crippen LogP contribution in [0.3, 0.4) is 0 Å². The van der Waals surface area contributed by atoms with Crippen molar-refractivity contribution in [3.8, 4) is 55.6 Å². The van der Waals surface area contributed by atoms with E-state index in [4.69, 9.17) is 0 Å². The van der Waals surface area contributed by atoms with Crippen LogP contribution in [0.4, 0.5) is 17.1 Å². The van der Waals surface area contributed by atoms with Crippen molar-refractivity contribution >= 4 is 17.1 Å². The molecule has 0 bridgehead atoms. The van der Waals surface area contributed by atoms with Crippen molar-refractivity contribution in [1.82, 2.24) is 0 Å². The van der Waals surface area contributed by atoms with Gasteiger partial charge in [-0.1, -0.05) is 173 Å². The predicted octanol–water partition coefficient (Wildman–Crippen LogP) is 14.8. The van der Waals surface area contributed by atoms with E-state index in [0.717, 1.165) is 5.69 Å². The van der Waals surface area contributed by atoms with Gasteiger partial charge in [0.15, 0.2) is 0 Å². The van der Waals surface area contributed by atoms with Gasteiger partial charge >= 0.3 is 0 Å². The Hall–Kier alpha value is -6.44. The third-order valence-electron chi connectivity index (χ3n) is 12.3. The molecule has 0 spiro atoms. The topological polar surface area (TPSA) is 3.24 Å². The molecule has 0 heterocycles. The van der Waals surface area contributed by atoms with Crippen molar-refractivity contribution in [3.05, 3.63) is 210 Å². The lowest BCUT2D eigenvalue weighted by Crippen LogP contribution is -2.18. The molecule has 0 saturated carbocycles. The summed E-state index contributed by atoms with van der Waals surface area (Å²) < 4.78 is 0. The molecule has 55 heavy (non-hydrogen) atoms. The third kappa shape index (κ3) is 5.37. The van der Waals surface area contributed by atoms with Crippen LogP contribution in [0, 0.1) is 0 Å². The van der Waals surface area contributed by atoms with E-state index in [1.165, 1.54) is 89.3 Å². The summed E-state index contributed by atoms with van der Waals surface area (Å²) in [5.41, 5.74) is 21.5. The minimum absolute atomic E-state index is 0.0714. The largest absolute Gasteiger partial charge is 0.310 e. The Morgan fingerprint density at radius 2 is 0.636 bits per heavy atom. The highest BCUT2D eigenvalue weighted by molar-refractivity contribution is 5.89. The van der Waals surface area contributed by atoms with Gasteiger partial charge in [-0.15, -0.1) is 0 Å². The Morgan fingerprint density at radius 1 is 0.273 bits per heavy atom. The van der Waals surface area contributed by atoms with E-state index in [9.17, 15) is 0 Å². The van der Waals surface area contributed by atoms with Gasteiger partial charge in [0.1, 0.15) is 0 Å². The van der Waals surface area contributed by atoms with Crippen molar-refractivity contribution in [2.75, 3.05) is 4.90 Å². The smallest absolute Gasteiger partial charge is 0.0465 e. The summed E-state index contributed by atoms with van der Waals surface area (Å²) in [5.74, 6) is 0. The van der Waals surface area contributed by atoms with Crippen LogP contribution >= 0.6 is 0 Å². The Labute approximate surface area is 325 Å². The predicted molar refractivity (Wildman–Crippen MR) is 233 cm³/mol. The van der Waals surface area contributed by atoms with Crippen LogP contribution in [-0.4, -0.2) is 0 Å². The summed E-state index contributed by atoms with van der Waals surface area (Å²) in [7, 11) is 0. The van der Waals surface area contributed by atoms with Gasteiger partial charge in [-0.3, -0.25) is 0 Å². The van der Waals surface area contributed by atoms with Crippen LogP contribution in [-0.2, 0) is 10.8 Å². The van der Waals surface area contributed by atoms with E-state index in [2.05, 4.69) is 221 Å². The fraction of sp³-hybridized carbons (Fsp3) is 0.111. The molecule has 0 N–H and O–H groups in total. The summed E-state index contributed by atoms with van der Waals surface area (Å²) >= 11 is 0. The lowest BCUT2D eigenvalue weighted by molar-refractivity contribution is 0.660. The zero-order valence-electron chi connectivity index (χ0n) is 31.8. The van der Waals surface area contributed by atoms with Crippen molar-refractivity contribution in [3.63, 3.8) is 0 Å². The molecule has 0 atom stereocenters. The standard InChI is InChI=1S/C54H43N/c1-53(2)49-18-12-11-17-45(49)47-31-28-43(34-51(47)53)55(42-15-9-6-10-16-42)44-29-32-48-46-30-27-41(33-50(46)54(3,4)52(48)35-44)40-25-23-39(24-26-40)38-21-19-37(20-22-38)36-13-7-5-8-14-36/h5-35H,1-4H3. The second kappa shape index (κ2) is 12.6. The Kier molecular flexibility index (Phi) is 7.58. The fourth-order valence-electron chi connectivity index (χ4n) is 9.24. The van der Waals surface area contributed by atoms with Crippen LogP contribution in [0.5, 0.6) is 0 Å². The minimum atomic E-state index is -0.166. The molecular weight excluding hydrogens is 663 g/mol. The van der Waals surface area contributed by atoms with Crippen molar-refractivity contribution in [2.45, 2.75) is 38.5 Å². The second-order valence-electron chi connectivity index (χ2n) is 16.2.